The van der Waals surface area contributed by atoms with Gasteiger partial charge in [0.05, 0.1) is 6.61 Å². The first-order valence-electron chi connectivity index (χ1n) is 8.55. The molecule has 0 aliphatic heterocycles. The molecule has 0 saturated carbocycles. The summed E-state index contributed by atoms with van der Waals surface area (Å²) in [5.74, 6) is 0. The molecule has 3 heteroatoms. The van der Waals surface area contributed by atoms with Gasteiger partial charge >= 0.3 is 0 Å². The summed E-state index contributed by atoms with van der Waals surface area (Å²) < 4.78 is 10.0. The van der Waals surface area contributed by atoms with Gasteiger partial charge in [-0.05, 0) is 12.0 Å². The van der Waals surface area contributed by atoms with Crippen molar-refractivity contribution in [2.75, 3.05) is 6.61 Å². The molecule has 0 atom stereocenters. The van der Waals surface area contributed by atoms with E-state index in [1.54, 1.807) is 0 Å². The van der Waals surface area contributed by atoms with Crippen LogP contribution in [-0.4, -0.2) is 11.2 Å². The van der Waals surface area contributed by atoms with Crippen molar-refractivity contribution in [2.45, 2.75) is 58.7 Å². The quantitative estimate of drug-likeness (QED) is 0.450. The van der Waals surface area contributed by atoms with Crippen molar-refractivity contribution in [3.05, 3.63) is 54.6 Å². The maximum absolute atomic E-state index is 5.74. The fourth-order valence-corrected chi connectivity index (χ4v) is 2.56. The Morgan fingerprint density at radius 3 is 2.59 bits per heavy atom. The summed E-state index contributed by atoms with van der Waals surface area (Å²) in [4.78, 5) is 0. The Bertz CT molecular complexity index is 507. The fraction of sp³-hybridized carbons (Fsp3) is 0.526. The Morgan fingerprint density at radius 1 is 1.00 bits per heavy atom. The highest BCUT2D eigenvalue weighted by Gasteiger charge is 2.04. The summed E-state index contributed by atoms with van der Waals surface area (Å²) in [6.07, 6.45) is 14.1. The standard InChI is InChI=1S/C19H29N2O/c1-2-3-4-5-6-10-15-22-18-21-14-13-20(17-21)16-19-11-8-7-9-12-19/h7-9,11-14,17H,2-6,10,15-16,18H2,1H3/q+1. The molecule has 0 spiro atoms. The van der Waals surface area contributed by atoms with E-state index in [-0.39, 0.29) is 0 Å². The lowest BCUT2D eigenvalue weighted by Gasteiger charge is -2.02. The van der Waals surface area contributed by atoms with Gasteiger partial charge in [-0.3, -0.25) is 0 Å². The van der Waals surface area contributed by atoms with Gasteiger partial charge < -0.3 is 4.74 Å². The van der Waals surface area contributed by atoms with Gasteiger partial charge in [-0.2, -0.15) is 0 Å². The normalized spacial score (nSPS) is 11.0. The number of ether oxygens (including phenoxy) is 1. The van der Waals surface area contributed by atoms with E-state index in [4.69, 9.17) is 4.74 Å². The summed E-state index contributed by atoms with van der Waals surface area (Å²) in [5, 5.41) is 0. The summed E-state index contributed by atoms with van der Waals surface area (Å²) in [7, 11) is 0. The molecule has 0 N–H and O–H groups in total. The van der Waals surface area contributed by atoms with E-state index >= 15 is 0 Å². The SMILES string of the molecule is CCCCCCCCOCn1cc[n+](Cc2ccccc2)c1. The zero-order valence-corrected chi connectivity index (χ0v) is 13.8. The minimum Gasteiger partial charge on any atom is -0.342 e. The highest BCUT2D eigenvalue weighted by molar-refractivity contribution is 5.13. The van der Waals surface area contributed by atoms with Crippen LogP contribution in [0.4, 0.5) is 0 Å². The summed E-state index contributed by atoms with van der Waals surface area (Å²) in [6, 6.07) is 10.5. The molecule has 3 nitrogen and oxygen atoms in total. The van der Waals surface area contributed by atoms with Crippen LogP contribution >= 0.6 is 0 Å². The molecular formula is C19H29N2O+. The average molecular weight is 301 g/mol. The predicted octanol–water partition coefficient (Wildman–Crippen LogP) is 4.16. The van der Waals surface area contributed by atoms with Crippen LogP contribution in [0.1, 0.15) is 51.0 Å². The Kier molecular flexibility index (Phi) is 7.75. The second kappa shape index (κ2) is 10.2. The lowest BCUT2D eigenvalue weighted by atomic mass is 10.1. The topological polar surface area (TPSA) is 18.0 Å². The van der Waals surface area contributed by atoms with Crippen molar-refractivity contribution in [3.8, 4) is 0 Å². The molecule has 0 aliphatic rings. The van der Waals surface area contributed by atoms with Gasteiger partial charge in [0, 0.05) is 0 Å². The van der Waals surface area contributed by atoms with E-state index in [1.807, 2.05) is 0 Å². The number of benzene rings is 1. The third-order valence-electron chi connectivity index (χ3n) is 3.84. The Labute approximate surface area is 134 Å². The monoisotopic (exact) mass is 301 g/mol. The van der Waals surface area contributed by atoms with Crippen LogP contribution in [0.15, 0.2) is 49.1 Å². The van der Waals surface area contributed by atoms with Crippen LogP contribution in [0, 0.1) is 0 Å². The average Bonchev–Trinajstić information content (AvgIpc) is 2.98. The molecule has 1 aromatic carbocycles. The van der Waals surface area contributed by atoms with Crippen molar-refractivity contribution >= 4 is 0 Å². The van der Waals surface area contributed by atoms with Crippen molar-refractivity contribution in [3.63, 3.8) is 0 Å². The van der Waals surface area contributed by atoms with Gasteiger partial charge in [0.25, 0.3) is 0 Å². The number of nitrogens with zero attached hydrogens (tertiary/aromatic N) is 2. The number of hydrogen-bond acceptors (Lipinski definition) is 1. The third-order valence-corrected chi connectivity index (χ3v) is 3.84. The molecule has 120 valence electrons. The first-order chi connectivity index (χ1) is 10.9. The lowest BCUT2D eigenvalue weighted by Crippen LogP contribution is -2.31. The van der Waals surface area contributed by atoms with E-state index in [0.717, 1.165) is 13.2 Å². The zero-order valence-electron chi connectivity index (χ0n) is 13.8. The maximum Gasteiger partial charge on any atom is 0.245 e. The molecule has 2 aromatic rings. The third kappa shape index (κ3) is 6.44. The second-order valence-corrected chi connectivity index (χ2v) is 5.89. The van der Waals surface area contributed by atoms with Gasteiger partial charge in [0.2, 0.25) is 6.33 Å². The molecule has 0 aliphatic carbocycles. The van der Waals surface area contributed by atoms with E-state index in [1.165, 1.54) is 44.1 Å². The lowest BCUT2D eigenvalue weighted by molar-refractivity contribution is -0.688. The Balaban J connectivity index is 1.59. The molecule has 0 unspecified atom stereocenters. The van der Waals surface area contributed by atoms with Gasteiger partial charge in [0.15, 0.2) is 6.73 Å². The minimum atomic E-state index is 0.650. The van der Waals surface area contributed by atoms with Crippen LogP contribution in [0.3, 0.4) is 0 Å². The van der Waals surface area contributed by atoms with Gasteiger partial charge in [-0.1, -0.05) is 69.4 Å². The number of rotatable bonds is 11. The van der Waals surface area contributed by atoms with Crippen molar-refractivity contribution < 1.29 is 9.30 Å². The molecule has 0 saturated heterocycles. The molecule has 22 heavy (non-hydrogen) atoms. The smallest absolute Gasteiger partial charge is 0.245 e. The van der Waals surface area contributed by atoms with Crippen molar-refractivity contribution in [1.82, 2.24) is 4.57 Å². The van der Waals surface area contributed by atoms with Crippen molar-refractivity contribution in [2.24, 2.45) is 0 Å². The Hall–Kier alpha value is -1.61. The molecule has 0 bridgehead atoms. The molecule has 1 aromatic heterocycles. The number of hydrogen-bond donors (Lipinski definition) is 0. The molecule has 2 rings (SSSR count). The summed E-state index contributed by atoms with van der Waals surface area (Å²) in [6.45, 7) is 4.68. The van der Waals surface area contributed by atoms with Crippen LogP contribution in [0.5, 0.6) is 0 Å². The van der Waals surface area contributed by atoms with Crippen molar-refractivity contribution in [1.29, 1.82) is 0 Å². The fourth-order valence-electron chi connectivity index (χ4n) is 2.56. The van der Waals surface area contributed by atoms with Crippen LogP contribution in [-0.2, 0) is 18.0 Å². The predicted molar refractivity (Wildman–Crippen MR) is 89.5 cm³/mol. The van der Waals surface area contributed by atoms with Gasteiger partial charge in [-0.15, -0.1) is 0 Å². The van der Waals surface area contributed by atoms with E-state index in [2.05, 4.69) is 65.1 Å². The summed E-state index contributed by atoms with van der Waals surface area (Å²) in [5.41, 5.74) is 1.32. The molecule has 1 heterocycles. The first-order valence-corrected chi connectivity index (χ1v) is 8.55. The molecular weight excluding hydrogens is 272 g/mol. The molecule has 0 fully saturated rings. The van der Waals surface area contributed by atoms with Gasteiger partial charge in [-0.25, -0.2) is 9.13 Å². The highest BCUT2D eigenvalue weighted by atomic mass is 16.5. The highest BCUT2D eigenvalue weighted by Crippen LogP contribution is 2.05. The number of aromatic nitrogens is 2. The Morgan fingerprint density at radius 2 is 1.77 bits per heavy atom. The van der Waals surface area contributed by atoms with E-state index in [9.17, 15) is 0 Å². The van der Waals surface area contributed by atoms with Crippen LogP contribution in [0.2, 0.25) is 0 Å². The zero-order chi connectivity index (χ0) is 15.5. The summed E-state index contributed by atoms with van der Waals surface area (Å²) >= 11 is 0. The second-order valence-electron chi connectivity index (χ2n) is 5.89. The maximum atomic E-state index is 5.74. The number of unbranched alkanes of at least 4 members (excludes halogenated alkanes) is 5. The molecule has 0 amide bonds. The van der Waals surface area contributed by atoms with Gasteiger partial charge in [0.1, 0.15) is 18.9 Å². The van der Waals surface area contributed by atoms with E-state index in [0.29, 0.717) is 6.73 Å². The number of imidazole rings is 1. The first kappa shape index (κ1) is 16.8. The van der Waals surface area contributed by atoms with E-state index < -0.39 is 0 Å². The molecule has 0 radical (unpaired) electrons. The largest absolute Gasteiger partial charge is 0.342 e. The van der Waals surface area contributed by atoms with Crippen LogP contribution < -0.4 is 4.57 Å². The van der Waals surface area contributed by atoms with Crippen LogP contribution in [0.25, 0.3) is 0 Å². The minimum absolute atomic E-state index is 0.650.